The molecule has 3 aromatic rings. The summed E-state index contributed by atoms with van der Waals surface area (Å²) >= 11 is 1.81. The van der Waals surface area contributed by atoms with Gasteiger partial charge in [-0.25, -0.2) is 0 Å². The summed E-state index contributed by atoms with van der Waals surface area (Å²) in [4.78, 5) is 28.7. The zero-order valence-corrected chi connectivity index (χ0v) is 18.9. The van der Waals surface area contributed by atoms with Gasteiger partial charge in [0.15, 0.2) is 5.43 Å². The number of pyridine rings is 1. The Kier molecular flexibility index (Phi) is 5.31. The Bertz CT molecular complexity index is 1210. The smallest absolute Gasteiger partial charge is 0.274 e. The average molecular weight is 448 g/mol. The Morgan fingerprint density at radius 3 is 2.56 bits per heavy atom. The van der Waals surface area contributed by atoms with Gasteiger partial charge < -0.3 is 10.0 Å². The maximum atomic E-state index is 13.4. The summed E-state index contributed by atoms with van der Waals surface area (Å²) in [5.74, 6) is 0.631. The van der Waals surface area contributed by atoms with Crippen molar-refractivity contribution in [2.75, 3.05) is 18.3 Å². The van der Waals surface area contributed by atoms with Crippen LogP contribution in [0.3, 0.4) is 0 Å². The largest absolute Gasteiger partial charge is 0.394 e. The number of nitrogens with zero attached hydrogens (tertiary/aromatic N) is 3. The molecule has 2 aromatic carbocycles. The summed E-state index contributed by atoms with van der Waals surface area (Å²) in [5, 5.41) is 12.0. The van der Waals surface area contributed by atoms with Crippen LogP contribution in [0, 0.1) is 6.92 Å². The van der Waals surface area contributed by atoms with Gasteiger partial charge in [0.05, 0.1) is 18.7 Å². The molecular weight excluding hydrogens is 422 g/mol. The van der Waals surface area contributed by atoms with Crippen LogP contribution in [0.4, 0.5) is 0 Å². The second kappa shape index (κ2) is 8.15. The molecule has 7 heteroatoms. The molecule has 1 aromatic heterocycles. The van der Waals surface area contributed by atoms with Crippen LogP contribution in [0.2, 0.25) is 0 Å². The molecule has 2 aliphatic rings. The Balaban J connectivity index is 1.78. The first-order valence-corrected chi connectivity index (χ1v) is 11.7. The molecule has 0 radical (unpaired) electrons. The zero-order valence-electron chi connectivity index (χ0n) is 18.1. The van der Waals surface area contributed by atoms with Crippen LogP contribution in [0.1, 0.15) is 45.7 Å². The quantitative estimate of drug-likeness (QED) is 0.668. The van der Waals surface area contributed by atoms with Gasteiger partial charge in [0.1, 0.15) is 12.4 Å². The topological polar surface area (TPSA) is 65.8 Å². The van der Waals surface area contributed by atoms with Gasteiger partial charge in [0.2, 0.25) is 0 Å². The van der Waals surface area contributed by atoms with Crippen molar-refractivity contribution in [3.8, 4) is 0 Å². The van der Waals surface area contributed by atoms with E-state index in [1.807, 2.05) is 41.6 Å². The number of carbonyl (C=O) groups is 1. The van der Waals surface area contributed by atoms with Crippen LogP contribution in [0.15, 0.2) is 70.5 Å². The minimum atomic E-state index is -0.376. The van der Waals surface area contributed by atoms with Crippen LogP contribution >= 0.6 is 11.8 Å². The standard InChI is InChI=1S/C25H25N3O3S/c1-16(13-29)26-15-28(27-12-11-21(30)17(2)23(27)25(26)31)24-19-8-4-3-7-18(19)14-32-22-10-6-5-9-20(22)24/h3-12,16,24,29H,13-15H2,1-2H3/t16-,24?/m1/s1. The van der Waals surface area contributed by atoms with Crippen molar-refractivity contribution in [3.05, 3.63) is 99.0 Å². The molecule has 0 fully saturated rings. The number of hydrogen-bond acceptors (Lipinski definition) is 5. The Morgan fingerprint density at radius 1 is 1.06 bits per heavy atom. The van der Waals surface area contributed by atoms with Gasteiger partial charge in [-0.2, -0.15) is 0 Å². The number of aliphatic hydroxyl groups excluding tert-OH is 1. The van der Waals surface area contributed by atoms with E-state index in [1.165, 1.54) is 22.1 Å². The van der Waals surface area contributed by atoms with Crippen LogP contribution in [0.25, 0.3) is 0 Å². The van der Waals surface area contributed by atoms with Gasteiger partial charge in [-0.3, -0.25) is 19.3 Å². The lowest BCUT2D eigenvalue weighted by molar-refractivity contribution is 0.0530. The summed E-state index contributed by atoms with van der Waals surface area (Å²) in [5.41, 5.74) is 4.20. The zero-order chi connectivity index (χ0) is 22.4. The summed E-state index contributed by atoms with van der Waals surface area (Å²) in [6.07, 6.45) is 1.70. The van der Waals surface area contributed by atoms with E-state index in [1.54, 1.807) is 18.0 Å². The Labute approximate surface area is 191 Å². The average Bonchev–Trinajstić information content (AvgIpc) is 2.98. The molecule has 5 rings (SSSR count). The second-order valence-electron chi connectivity index (χ2n) is 8.31. The highest BCUT2D eigenvalue weighted by Crippen LogP contribution is 2.42. The van der Waals surface area contributed by atoms with Gasteiger partial charge in [-0.05, 0) is 36.6 Å². The molecule has 32 heavy (non-hydrogen) atoms. The second-order valence-corrected chi connectivity index (χ2v) is 9.33. The maximum absolute atomic E-state index is 13.4. The van der Waals surface area contributed by atoms with Crippen molar-refractivity contribution in [1.29, 1.82) is 0 Å². The van der Waals surface area contributed by atoms with Crippen LogP contribution in [-0.4, -0.2) is 39.9 Å². The number of benzene rings is 2. The first-order chi connectivity index (χ1) is 15.5. The fourth-order valence-corrected chi connectivity index (χ4v) is 5.68. The molecule has 1 amide bonds. The number of thioether (sulfide) groups is 1. The SMILES string of the molecule is Cc1c2n(ccc1=O)N(C1c3ccccc3CSc3ccccc31)CN([C@H](C)CO)C2=O. The first-order valence-electron chi connectivity index (χ1n) is 10.7. The lowest BCUT2D eigenvalue weighted by Gasteiger charge is -2.46. The maximum Gasteiger partial charge on any atom is 0.274 e. The third-order valence-corrected chi connectivity index (χ3v) is 7.54. The van der Waals surface area contributed by atoms with Crippen molar-refractivity contribution in [3.63, 3.8) is 0 Å². The number of aliphatic hydroxyl groups is 1. The molecule has 6 nitrogen and oxygen atoms in total. The van der Waals surface area contributed by atoms with E-state index in [4.69, 9.17) is 0 Å². The molecule has 0 bridgehead atoms. The lowest BCUT2D eigenvalue weighted by Crippen LogP contribution is -2.58. The fourth-order valence-electron chi connectivity index (χ4n) is 4.58. The molecule has 2 atom stereocenters. The van der Waals surface area contributed by atoms with Gasteiger partial charge in [0.25, 0.3) is 5.91 Å². The van der Waals surface area contributed by atoms with Crippen molar-refractivity contribution >= 4 is 17.7 Å². The number of rotatable bonds is 3. The van der Waals surface area contributed by atoms with Gasteiger partial charge >= 0.3 is 0 Å². The van der Waals surface area contributed by atoms with Crippen LogP contribution in [-0.2, 0) is 5.75 Å². The van der Waals surface area contributed by atoms with Crippen molar-refractivity contribution in [1.82, 2.24) is 9.58 Å². The molecule has 1 unspecified atom stereocenters. The Morgan fingerprint density at radius 2 is 1.78 bits per heavy atom. The molecule has 1 N–H and O–H groups in total. The predicted molar refractivity (Wildman–Crippen MR) is 126 cm³/mol. The van der Waals surface area contributed by atoms with Crippen LogP contribution < -0.4 is 10.4 Å². The first kappa shape index (κ1) is 20.8. The molecule has 0 aliphatic carbocycles. The van der Waals surface area contributed by atoms with Gasteiger partial charge in [0, 0.05) is 28.5 Å². The minimum absolute atomic E-state index is 0.149. The fraction of sp³-hybridized carbons (Fsp3) is 0.280. The van der Waals surface area contributed by atoms with E-state index >= 15 is 0 Å². The summed E-state index contributed by atoms with van der Waals surface area (Å²) < 4.78 is 1.84. The molecule has 2 aliphatic heterocycles. The van der Waals surface area contributed by atoms with Gasteiger partial charge in [-0.1, -0.05) is 42.5 Å². The summed E-state index contributed by atoms with van der Waals surface area (Å²) in [7, 11) is 0. The van der Waals surface area contributed by atoms with E-state index in [-0.39, 0.29) is 30.0 Å². The Hall–Kier alpha value is -3.03. The molecule has 164 valence electrons. The predicted octanol–water partition coefficient (Wildman–Crippen LogP) is 3.28. The summed E-state index contributed by atoms with van der Waals surface area (Å²) in [6.45, 7) is 3.67. The monoisotopic (exact) mass is 447 g/mol. The number of fused-ring (bicyclic) bond motifs is 3. The highest BCUT2D eigenvalue weighted by Gasteiger charge is 2.38. The number of carbonyl (C=O) groups excluding carboxylic acids is 1. The normalized spacial score (nSPS) is 18.5. The van der Waals surface area contributed by atoms with Crippen LogP contribution in [0.5, 0.6) is 0 Å². The van der Waals surface area contributed by atoms with E-state index in [9.17, 15) is 14.7 Å². The molecule has 0 saturated heterocycles. The highest BCUT2D eigenvalue weighted by atomic mass is 32.2. The minimum Gasteiger partial charge on any atom is -0.394 e. The molecule has 0 spiro atoms. The molecule has 3 heterocycles. The van der Waals surface area contributed by atoms with Crippen molar-refractivity contribution < 1.29 is 9.90 Å². The number of aromatic nitrogens is 1. The number of hydrogen-bond donors (Lipinski definition) is 1. The number of amides is 1. The van der Waals surface area contributed by atoms with Gasteiger partial charge in [-0.15, -0.1) is 11.8 Å². The third-order valence-electron chi connectivity index (χ3n) is 6.40. The molecular formula is C25H25N3O3S. The van der Waals surface area contributed by atoms with E-state index < -0.39 is 0 Å². The van der Waals surface area contributed by atoms with Crippen molar-refractivity contribution in [2.45, 2.75) is 36.6 Å². The van der Waals surface area contributed by atoms with E-state index in [2.05, 4.69) is 35.3 Å². The highest BCUT2D eigenvalue weighted by molar-refractivity contribution is 7.98. The van der Waals surface area contributed by atoms with E-state index in [0.717, 1.165) is 11.3 Å². The van der Waals surface area contributed by atoms with Crippen molar-refractivity contribution in [2.24, 2.45) is 0 Å². The van der Waals surface area contributed by atoms with E-state index in [0.29, 0.717) is 17.9 Å². The summed E-state index contributed by atoms with van der Waals surface area (Å²) in [6, 6.07) is 17.8. The lowest BCUT2D eigenvalue weighted by atomic mass is 9.94. The third kappa shape index (κ3) is 3.24. The molecule has 0 saturated carbocycles.